The lowest BCUT2D eigenvalue weighted by atomic mass is 10.1. The van der Waals surface area contributed by atoms with Crippen molar-refractivity contribution < 1.29 is 13.5 Å². The summed E-state index contributed by atoms with van der Waals surface area (Å²) in [6.07, 6.45) is 2.65. The molecule has 0 saturated carbocycles. The van der Waals surface area contributed by atoms with Crippen LogP contribution in [0.2, 0.25) is 0 Å². The average Bonchev–Trinajstić information content (AvgIpc) is 3.42. The third-order valence-electron chi connectivity index (χ3n) is 6.24. The van der Waals surface area contributed by atoms with Crippen molar-refractivity contribution in [2.45, 2.75) is 38.8 Å². The Hall–Kier alpha value is -3.84. The van der Waals surface area contributed by atoms with Gasteiger partial charge in [0.2, 0.25) is 5.88 Å². The number of nitriles is 1. The minimum absolute atomic E-state index is 0.201. The standard InChI is InChI=1S/C24H23F2N7O/c1-14-24(30-31-33(14)18-5-7-28-8-6-18)16-9-22-29-13-19(12-27)32(22)23(10-16)34-15(2)20-4-3-17(25)11-21(20)26/h3-4,9-11,13,15,18,28H,5-8H2,1-2H3/t15-/m1/s1. The van der Waals surface area contributed by atoms with Gasteiger partial charge >= 0.3 is 0 Å². The largest absolute Gasteiger partial charge is 0.471 e. The molecule has 1 N–H and O–H groups in total. The number of piperidine rings is 1. The summed E-state index contributed by atoms with van der Waals surface area (Å²) in [5.74, 6) is -1.06. The number of benzene rings is 1. The van der Waals surface area contributed by atoms with Crippen molar-refractivity contribution in [1.82, 2.24) is 29.7 Å². The Morgan fingerprint density at radius 2 is 2.00 bits per heavy atom. The smallest absolute Gasteiger partial charge is 0.201 e. The minimum atomic E-state index is -0.750. The third kappa shape index (κ3) is 3.88. The van der Waals surface area contributed by atoms with E-state index in [0.29, 0.717) is 17.2 Å². The van der Waals surface area contributed by atoms with Crippen molar-refractivity contribution >= 4 is 5.65 Å². The molecule has 1 atom stereocenters. The zero-order valence-electron chi connectivity index (χ0n) is 18.8. The summed E-state index contributed by atoms with van der Waals surface area (Å²) >= 11 is 0. The molecule has 174 valence electrons. The fourth-order valence-corrected chi connectivity index (χ4v) is 4.46. The molecule has 4 aromatic rings. The van der Waals surface area contributed by atoms with Crippen molar-refractivity contribution in [3.8, 4) is 23.2 Å². The van der Waals surface area contributed by atoms with Gasteiger partial charge in [0, 0.05) is 23.3 Å². The van der Waals surface area contributed by atoms with E-state index in [4.69, 9.17) is 4.74 Å². The van der Waals surface area contributed by atoms with Crippen LogP contribution in [0.25, 0.3) is 16.9 Å². The van der Waals surface area contributed by atoms with Gasteiger partial charge < -0.3 is 10.1 Å². The number of pyridine rings is 1. The first-order valence-electron chi connectivity index (χ1n) is 11.1. The molecule has 1 fully saturated rings. The van der Waals surface area contributed by atoms with Crippen LogP contribution in [0.5, 0.6) is 5.88 Å². The minimum Gasteiger partial charge on any atom is -0.471 e. The first-order valence-corrected chi connectivity index (χ1v) is 11.1. The van der Waals surface area contributed by atoms with E-state index in [1.54, 1.807) is 17.4 Å². The number of fused-ring (bicyclic) bond motifs is 1. The molecule has 1 aliphatic heterocycles. The van der Waals surface area contributed by atoms with Crippen molar-refractivity contribution in [1.29, 1.82) is 5.26 Å². The summed E-state index contributed by atoms with van der Waals surface area (Å²) in [4.78, 5) is 4.35. The van der Waals surface area contributed by atoms with Gasteiger partial charge in [-0.2, -0.15) is 5.26 Å². The topological polar surface area (TPSA) is 93.1 Å². The van der Waals surface area contributed by atoms with Crippen LogP contribution >= 0.6 is 0 Å². The molecule has 8 nitrogen and oxygen atoms in total. The number of hydrogen-bond acceptors (Lipinski definition) is 6. The molecule has 3 aromatic heterocycles. The van der Waals surface area contributed by atoms with E-state index in [1.165, 1.54) is 18.3 Å². The number of nitrogens with zero attached hydrogens (tertiary/aromatic N) is 6. The summed E-state index contributed by atoms with van der Waals surface area (Å²) in [5, 5.41) is 21.7. The zero-order chi connectivity index (χ0) is 23.8. The number of ether oxygens (including phenoxy) is 1. The van der Waals surface area contributed by atoms with Crippen LogP contribution in [0, 0.1) is 29.9 Å². The Bertz CT molecular complexity index is 1400. The highest BCUT2D eigenvalue weighted by Crippen LogP contribution is 2.32. The molecule has 4 heterocycles. The SMILES string of the molecule is Cc1c(-c2cc(O[C@H](C)c3ccc(F)cc3F)n3c(C#N)cnc3c2)nnn1C1CCNCC1. The molecule has 0 amide bonds. The van der Waals surface area contributed by atoms with Crippen molar-refractivity contribution in [2.24, 2.45) is 0 Å². The van der Waals surface area contributed by atoms with E-state index in [2.05, 4.69) is 26.7 Å². The fraction of sp³-hybridized carbons (Fsp3) is 0.333. The average molecular weight is 463 g/mol. The van der Waals surface area contributed by atoms with Gasteiger partial charge in [-0.05, 0) is 58.0 Å². The highest BCUT2D eigenvalue weighted by Gasteiger charge is 2.23. The first-order chi connectivity index (χ1) is 16.5. The number of hydrogen-bond donors (Lipinski definition) is 1. The number of aromatic nitrogens is 5. The van der Waals surface area contributed by atoms with Crippen LogP contribution in [-0.2, 0) is 0 Å². The predicted molar refractivity (Wildman–Crippen MR) is 120 cm³/mol. The van der Waals surface area contributed by atoms with E-state index in [-0.39, 0.29) is 17.3 Å². The maximum atomic E-state index is 14.4. The van der Waals surface area contributed by atoms with E-state index in [0.717, 1.165) is 43.3 Å². The van der Waals surface area contributed by atoms with E-state index in [9.17, 15) is 14.0 Å². The number of halogens is 2. The van der Waals surface area contributed by atoms with Gasteiger partial charge in [-0.1, -0.05) is 5.21 Å². The lowest BCUT2D eigenvalue weighted by Gasteiger charge is -2.23. The first kappa shape index (κ1) is 22.0. The van der Waals surface area contributed by atoms with E-state index >= 15 is 0 Å². The van der Waals surface area contributed by atoms with Crippen molar-refractivity contribution in [3.05, 3.63) is 65.1 Å². The molecular weight excluding hydrogens is 440 g/mol. The van der Waals surface area contributed by atoms with Crippen LogP contribution in [0.4, 0.5) is 8.78 Å². The van der Waals surface area contributed by atoms with Gasteiger partial charge in [-0.25, -0.2) is 18.4 Å². The van der Waals surface area contributed by atoms with Crippen molar-refractivity contribution in [3.63, 3.8) is 0 Å². The molecule has 0 aliphatic carbocycles. The quantitative estimate of drug-likeness (QED) is 0.479. The lowest BCUT2D eigenvalue weighted by Crippen LogP contribution is -2.30. The van der Waals surface area contributed by atoms with Crippen LogP contribution in [0.1, 0.15) is 48.9 Å². The Morgan fingerprint density at radius 3 is 2.74 bits per heavy atom. The molecule has 34 heavy (non-hydrogen) atoms. The summed E-state index contributed by atoms with van der Waals surface area (Å²) < 4.78 is 37.4. The molecule has 0 unspecified atom stereocenters. The normalized spacial score (nSPS) is 15.4. The maximum Gasteiger partial charge on any atom is 0.201 e. The van der Waals surface area contributed by atoms with Crippen LogP contribution in [0.3, 0.4) is 0 Å². The Kier molecular flexibility index (Phi) is 5.71. The third-order valence-corrected chi connectivity index (χ3v) is 6.24. The summed E-state index contributed by atoms with van der Waals surface area (Å²) in [6, 6.07) is 9.30. The number of nitrogens with one attached hydrogen (secondary N) is 1. The summed E-state index contributed by atoms with van der Waals surface area (Å²) in [5.41, 5.74) is 3.30. The van der Waals surface area contributed by atoms with Crippen LogP contribution < -0.4 is 10.1 Å². The van der Waals surface area contributed by atoms with Gasteiger partial charge in [0.05, 0.1) is 17.9 Å². The second-order valence-corrected chi connectivity index (χ2v) is 8.41. The summed E-state index contributed by atoms with van der Waals surface area (Å²) in [6.45, 7) is 5.51. The Morgan fingerprint density at radius 1 is 1.21 bits per heavy atom. The molecule has 1 aliphatic rings. The predicted octanol–water partition coefficient (Wildman–Crippen LogP) is 4.12. The molecular formula is C24H23F2N7O. The Labute approximate surface area is 194 Å². The van der Waals surface area contributed by atoms with E-state index < -0.39 is 17.7 Å². The monoisotopic (exact) mass is 463 g/mol. The van der Waals surface area contributed by atoms with Crippen LogP contribution in [-0.4, -0.2) is 37.5 Å². The molecule has 0 bridgehead atoms. The zero-order valence-corrected chi connectivity index (χ0v) is 18.8. The number of rotatable bonds is 5. The van der Waals surface area contributed by atoms with Gasteiger partial charge in [0.15, 0.2) is 0 Å². The Balaban J connectivity index is 1.56. The molecule has 5 rings (SSSR count). The molecule has 1 aromatic carbocycles. The second-order valence-electron chi connectivity index (χ2n) is 8.41. The van der Waals surface area contributed by atoms with Gasteiger partial charge in [-0.3, -0.25) is 4.40 Å². The molecule has 1 saturated heterocycles. The highest BCUT2D eigenvalue weighted by molar-refractivity contribution is 5.68. The van der Waals surface area contributed by atoms with Crippen LogP contribution in [0.15, 0.2) is 36.5 Å². The van der Waals surface area contributed by atoms with E-state index in [1.807, 2.05) is 17.7 Å². The molecule has 0 radical (unpaired) electrons. The molecule has 10 heteroatoms. The highest BCUT2D eigenvalue weighted by atomic mass is 19.1. The maximum absolute atomic E-state index is 14.4. The molecule has 0 spiro atoms. The lowest BCUT2D eigenvalue weighted by molar-refractivity contribution is 0.209. The second kappa shape index (κ2) is 8.83. The van der Waals surface area contributed by atoms with Crippen molar-refractivity contribution in [2.75, 3.05) is 13.1 Å². The van der Waals surface area contributed by atoms with Gasteiger partial charge in [0.1, 0.15) is 40.8 Å². The summed E-state index contributed by atoms with van der Waals surface area (Å²) in [7, 11) is 0. The van der Waals surface area contributed by atoms with Gasteiger partial charge in [-0.15, -0.1) is 5.10 Å². The number of imidazole rings is 1. The fourth-order valence-electron chi connectivity index (χ4n) is 4.46. The van der Waals surface area contributed by atoms with Gasteiger partial charge in [0.25, 0.3) is 0 Å².